The molecule has 3 N–H and O–H groups in total. The van der Waals surface area contributed by atoms with Crippen LogP contribution in [0, 0.1) is 10.1 Å². The van der Waals surface area contributed by atoms with Gasteiger partial charge in [-0.1, -0.05) is 12.1 Å². The maximum atomic E-state index is 11.5. The number of rotatable bonds is 7. The van der Waals surface area contributed by atoms with E-state index in [1.54, 1.807) is 31.6 Å². The number of nitro benzene ring substituents is 1. The van der Waals surface area contributed by atoms with E-state index in [0.717, 1.165) is 11.6 Å². The molecule has 1 amide bonds. The van der Waals surface area contributed by atoms with Gasteiger partial charge in [0.25, 0.3) is 5.69 Å². The Morgan fingerprint density at radius 2 is 2.00 bits per heavy atom. The van der Waals surface area contributed by atoms with E-state index in [4.69, 9.17) is 10.5 Å². The van der Waals surface area contributed by atoms with Gasteiger partial charge in [0.15, 0.2) is 0 Å². The molecule has 2 aromatic carbocycles. The van der Waals surface area contributed by atoms with Crippen LogP contribution in [0.5, 0.6) is 5.75 Å². The van der Waals surface area contributed by atoms with Crippen LogP contribution in [0.3, 0.4) is 0 Å². The fourth-order valence-electron chi connectivity index (χ4n) is 2.86. The van der Waals surface area contributed by atoms with Crippen LogP contribution < -0.4 is 15.8 Å². The molecule has 1 heterocycles. The van der Waals surface area contributed by atoms with E-state index in [-0.39, 0.29) is 16.9 Å². The summed E-state index contributed by atoms with van der Waals surface area (Å²) >= 11 is 0. The van der Waals surface area contributed by atoms with Crippen molar-refractivity contribution >= 4 is 17.3 Å². The predicted molar refractivity (Wildman–Crippen MR) is 103 cm³/mol. The molecular weight excluding hydrogens is 362 g/mol. The molecule has 9 heteroatoms. The number of primary amides is 1. The molecule has 3 aromatic rings. The number of anilines is 1. The third kappa shape index (κ3) is 3.78. The second kappa shape index (κ2) is 7.78. The number of nitro groups is 1. The van der Waals surface area contributed by atoms with Crippen molar-refractivity contribution in [1.29, 1.82) is 0 Å². The van der Waals surface area contributed by atoms with Gasteiger partial charge in [-0.3, -0.25) is 14.9 Å². The van der Waals surface area contributed by atoms with Crippen molar-refractivity contribution in [3.05, 3.63) is 81.9 Å². The van der Waals surface area contributed by atoms with E-state index in [1.165, 1.54) is 12.1 Å². The van der Waals surface area contributed by atoms with Gasteiger partial charge in [0.05, 0.1) is 12.0 Å². The number of carbonyl (C=O) groups is 1. The van der Waals surface area contributed by atoms with Gasteiger partial charge >= 0.3 is 0 Å². The van der Waals surface area contributed by atoms with Crippen molar-refractivity contribution in [2.75, 3.05) is 12.4 Å². The van der Waals surface area contributed by atoms with E-state index in [1.807, 2.05) is 23.7 Å². The van der Waals surface area contributed by atoms with Crippen LogP contribution in [0.4, 0.5) is 11.4 Å². The fourth-order valence-corrected chi connectivity index (χ4v) is 2.86. The third-order valence-electron chi connectivity index (χ3n) is 4.34. The topological polar surface area (TPSA) is 125 Å². The largest absolute Gasteiger partial charge is 0.497 e. The Morgan fingerprint density at radius 3 is 2.54 bits per heavy atom. The van der Waals surface area contributed by atoms with Gasteiger partial charge < -0.3 is 20.4 Å². The molecule has 0 aliphatic rings. The molecular formula is C19H19N5O4. The van der Waals surface area contributed by atoms with Crippen LogP contribution in [-0.4, -0.2) is 27.5 Å². The number of aryl methyl sites for hydroxylation is 1. The fraction of sp³-hybridized carbons (Fsp3) is 0.158. The molecule has 0 saturated heterocycles. The molecule has 0 bridgehead atoms. The SMILES string of the molecule is COc1ccc([C@H](Nc2ccc(C(N)=O)cc2[N+](=O)[O-])c2nccn2C)cc1. The Balaban J connectivity index is 2.06. The zero-order chi connectivity index (χ0) is 20.3. The van der Waals surface area contributed by atoms with E-state index in [9.17, 15) is 14.9 Å². The molecule has 28 heavy (non-hydrogen) atoms. The number of nitrogens with two attached hydrogens (primary N) is 1. The van der Waals surface area contributed by atoms with Gasteiger partial charge in [-0.05, 0) is 29.8 Å². The highest BCUT2D eigenvalue weighted by Crippen LogP contribution is 2.32. The van der Waals surface area contributed by atoms with Crippen LogP contribution in [0.25, 0.3) is 0 Å². The minimum absolute atomic E-state index is 0.0650. The smallest absolute Gasteiger partial charge is 0.293 e. The first-order valence-corrected chi connectivity index (χ1v) is 8.36. The molecule has 3 rings (SSSR count). The maximum absolute atomic E-state index is 11.5. The first-order chi connectivity index (χ1) is 13.4. The number of hydrogen-bond acceptors (Lipinski definition) is 6. The summed E-state index contributed by atoms with van der Waals surface area (Å²) in [6.45, 7) is 0. The van der Waals surface area contributed by atoms with Crippen molar-refractivity contribution in [2.45, 2.75) is 6.04 Å². The Morgan fingerprint density at radius 1 is 1.29 bits per heavy atom. The summed E-state index contributed by atoms with van der Waals surface area (Å²) < 4.78 is 7.02. The lowest BCUT2D eigenvalue weighted by Crippen LogP contribution is -2.18. The molecule has 9 nitrogen and oxygen atoms in total. The van der Waals surface area contributed by atoms with Gasteiger partial charge in [-0.25, -0.2) is 4.98 Å². The number of carbonyl (C=O) groups excluding carboxylic acids is 1. The normalized spacial score (nSPS) is 11.6. The van der Waals surface area contributed by atoms with Crippen LogP contribution in [0.15, 0.2) is 54.9 Å². The Bertz CT molecular complexity index is 1010. The monoisotopic (exact) mass is 381 g/mol. The molecule has 0 spiro atoms. The minimum atomic E-state index is -0.731. The zero-order valence-corrected chi connectivity index (χ0v) is 15.3. The minimum Gasteiger partial charge on any atom is -0.497 e. The first-order valence-electron chi connectivity index (χ1n) is 8.36. The first kappa shape index (κ1) is 18.9. The zero-order valence-electron chi connectivity index (χ0n) is 15.3. The average molecular weight is 381 g/mol. The lowest BCUT2D eigenvalue weighted by molar-refractivity contribution is -0.384. The second-order valence-electron chi connectivity index (χ2n) is 6.10. The average Bonchev–Trinajstić information content (AvgIpc) is 3.11. The molecule has 0 radical (unpaired) electrons. The van der Waals surface area contributed by atoms with Crippen LogP contribution >= 0.6 is 0 Å². The number of methoxy groups -OCH3 is 1. The molecule has 0 unspecified atom stereocenters. The summed E-state index contributed by atoms with van der Waals surface area (Å²) in [6.07, 6.45) is 3.44. The summed E-state index contributed by atoms with van der Waals surface area (Å²) in [5.41, 5.74) is 6.15. The summed E-state index contributed by atoms with van der Waals surface area (Å²) in [7, 11) is 3.41. The highest BCUT2D eigenvalue weighted by Gasteiger charge is 2.23. The predicted octanol–water partition coefficient (Wildman–Crippen LogP) is 2.64. The summed E-state index contributed by atoms with van der Waals surface area (Å²) in [4.78, 5) is 26.7. The number of nitrogens with zero attached hydrogens (tertiary/aromatic N) is 3. The van der Waals surface area contributed by atoms with E-state index in [2.05, 4.69) is 10.3 Å². The Labute approximate surface area is 160 Å². The van der Waals surface area contributed by atoms with Gasteiger partial charge in [-0.2, -0.15) is 0 Å². The van der Waals surface area contributed by atoms with E-state index >= 15 is 0 Å². The van der Waals surface area contributed by atoms with Gasteiger partial charge in [0.2, 0.25) is 5.91 Å². The molecule has 1 aromatic heterocycles. The van der Waals surface area contributed by atoms with Crippen molar-refractivity contribution in [2.24, 2.45) is 12.8 Å². The van der Waals surface area contributed by atoms with Gasteiger partial charge in [-0.15, -0.1) is 0 Å². The van der Waals surface area contributed by atoms with Crippen molar-refractivity contribution < 1.29 is 14.5 Å². The summed E-state index contributed by atoms with van der Waals surface area (Å²) in [6, 6.07) is 10.9. The number of hydrogen-bond donors (Lipinski definition) is 2. The Kier molecular flexibility index (Phi) is 5.25. The molecule has 0 saturated carbocycles. The lowest BCUT2D eigenvalue weighted by Gasteiger charge is -2.20. The highest BCUT2D eigenvalue weighted by molar-refractivity contribution is 5.94. The number of imidazole rings is 1. The second-order valence-corrected chi connectivity index (χ2v) is 6.10. The molecule has 0 aliphatic heterocycles. The number of benzene rings is 2. The number of ether oxygens (including phenoxy) is 1. The molecule has 1 atom stereocenters. The Hall–Kier alpha value is -3.88. The van der Waals surface area contributed by atoms with Crippen molar-refractivity contribution in [1.82, 2.24) is 9.55 Å². The van der Waals surface area contributed by atoms with Crippen LogP contribution in [0.2, 0.25) is 0 Å². The standard InChI is InChI=1S/C19H19N5O4/c1-23-10-9-21-19(23)17(12-3-6-14(28-2)7-4-12)22-15-8-5-13(18(20)25)11-16(15)24(26)27/h3-11,17,22H,1-2H3,(H2,20,25)/t17-/m0/s1. The highest BCUT2D eigenvalue weighted by atomic mass is 16.6. The number of aromatic nitrogens is 2. The summed E-state index contributed by atoms with van der Waals surface area (Å²) in [5, 5.41) is 14.7. The van der Waals surface area contributed by atoms with Crippen LogP contribution in [0.1, 0.15) is 27.8 Å². The van der Waals surface area contributed by atoms with E-state index in [0.29, 0.717) is 11.6 Å². The lowest BCUT2D eigenvalue weighted by atomic mass is 10.0. The third-order valence-corrected chi connectivity index (χ3v) is 4.34. The quantitative estimate of drug-likeness (QED) is 0.479. The molecule has 144 valence electrons. The van der Waals surface area contributed by atoms with Gasteiger partial charge in [0.1, 0.15) is 23.3 Å². The van der Waals surface area contributed by atoms with Crippen LogP contribution in [-0.2, 0) is 7.05 Å². The van der Waals surface area contributed by atoms with E-state index < -0.39 is 16.9 Å². The number of amides is 1. The summed E-state index contributed by atoms with van der Waals surface area (Å²) in [5.74, 6) is 0.628. The number of nitrogens with one attached hydrogen (secondary N) is 1. The maximum Gasteiger partial charge on any atom is 0.293 e. The molecule has 0 aliphatic carbocycles. The molecule has 0 fully saturated rings. The van der Waals surface area contributed by atoms with Crippen molar-refractivity contribution in [3.8, 4) is 5.75 Å². The van der Waals surface area contributed by atoms with Gasteiger partial charge in [0, 0.05) is 31.1 Å². The van der Waals surface area contributed by atoms with Crippen molar-refractivity contribution in [3.63, 3.8) is 0 Å².